The smallest absolute Gasteiger partial charge is 0.270 e. The van der Waals surface area contributed by atoms with Gasteiger partial charge in [-0.15, -0.1) is 11.3 Å². The first-order chi connectivity index (χ1) is 16.5. The number of hydrogen-bond acceptors (Lipinski definition) is 6. The zero-order chi connectivity index (χ0) is 25.3. The number of halogens is 1. The predicted molar refractivity (Wildman–Crippen MR) is 133 cm³/mol. The Kier molecular flexibility index (Phi) is 7.05. The van der Waals surface area contributed by atoms with Crippen molar-refractivity contribution in [2.24, 2.45) is 0 Å². The van der Waals surface area contributed by atoms with E-state index in [-0.39, 0.29) is 29.6 Å². The summed E-state index contributed by atoms with van der Waals surface area (Å²) < 4.78 is 13.6. The van der Waals surface area contributed by atoms with Gasteiger partial charge < -0.3 is 15.3 Å². The van der Waals surface area contributed by atoms with E-state index in [4.69, 9.17) is 0 Å². The molecule has 3 aromatic rings. The summed E-state index contributed by atoms with van der Waals surface area (Å²) in [6.07, 6.45) is 1.37. The zero-order valence-electron chi connectivity index (χ0n) is 20.3. The maximum Gasteiger partial charge on any atom is 0.270 e. The first-order valence-electron chi connectivity index (χ1n) is 11.7. The molecule has 0 spiro atoms. The Morgan fingerprint density at radius 2 is 1.89 bits per heavy atom. The van der Waals surface area contributed by atoms with Gasteiger partial charge in [0.25, 0.3) is 11.8 Å². The molecule has 8 nitrogen and oxygen atoms in total. The van der Waals surface area contributed by atoms with Crippen molar-refractivity contribution >= 4 is 23.2 Å². The average Bonchev–Trinajstić information content (AvgIpc) is 3.45. The van der Waals surface area contributed by atoms with Crippen LogP contribution in [0.5, 0.6) is 0 Å². The number of nitrogens with zero attached hydrogens (tertiary/aromatic N) is 3. The maximum absolute atomic E-state index is 13.6. The van der Waals surface area contributed by atoms with Gasteiger partial charge in [-0.2, -0.15) is 5.10 Å². The van der Waals surface area contributed by atoms with Gasteiger partial charge in [-0.25, -0.2) is 9.37 Å². The number of carbonyl (C=O) groups is 2. The van der Waals surface area contributed by atoms with Crippen molar-refractivity contribution < 1.29 is 19.1 Å². The largest absolute Gasteiger partial charge is 0.381 e. The number of H-pyrrole nitrogens is 1. The van der Waals surface area contributed by atoms with Gasteiger partial charge in [0.15, 0.2) is 0 Å². The Bertz CT molecular complexity index is 1200. The van der Waals surface area contributed by atoms with Crippen LogP contribution in [0.3, 0.4) is 0 Å². The lowest BCUT2D eigenvalue weighted by Gasteiger charge is -2.35. The van der Waals surface area contributed by atoms with Gasteiger partial charge >= 0.3 is 0 Å². The van der Waals surface area contributed by atoms with Gasteiger partial charge in [0, 0.05) is 41.7 Å². The highest BCUT2D eigenvalue weighted by molar-refractivity contribution is 7.13. The van der Waals surface area contributed by atoms with Crippen molar-refractivity contribution in [1.29, 1.82) is 0 Å². The van der Waals surface area contributed by atoms with Gasteiger partial charge in [0.05, 0.1) is 5.56 Å². The molecule has 0 radical (unpaired) electrons. The van der Waals surface area contributed by atoms with Crippen molar-refractivity contribution in [3.63, 3.8) is 0 Å². The number of amides is 2. The molecule has 0 atom stereocenters. The fourth-order valence-corrected chi connectivity index (χ4v) is 5.13. The molecule has 0 aliphatic carbocycles. The first-order valence-corrected chi connectivity index (χ1v) is 12.5. The molecule has 1 fully saturated rings. The molecule has 3 heterocycles. The molecule has 4 rings (SSSR count). The molecule has 10 heteroatoms. The average molecular weight is 500 g/mol. The lowest BCUT2D eigenvalue weighted by Crippen LogP contribution is -2.48. The molecule has 1 saturated heterocycles. The summed E-state index contributed by atoms with van der Waals surface area (Å²) in [6.45, 7) is 7.80. The van der Waals surface area contributed by atoms with Crippen LogP contribution in [-0.4, -0.2) is 61.7 Å². The monoisotopic (exact) mass is 499 g/mol. The first kappa shape index (κ1) is 25.0. The molecular weight excluding hydrogens is 469 g/mol. The number of aliphatic hydroxyl groups is 1. The lowest BCUT2D eigenvalue weighted by molar-refractivity contribution is -0.148. The molecule has 1 aromatic carbocycles. The number of aromatic nitrogens is 3. The summed E-state index contributed by atoms with van der Waals surface area (Å²) in [6, 6.07) is 6.10. The van der Waals surface area contributed by atoms with Gasteiger partial charge in [0.2, 0.25) is 0 Å². The van der Waals surface area contributed by atoms with Crippen LogP contribution in [0.2, 0.25) is 0 Å². The number of likely N-dealkylation sites (tertiary alicyclic amines) is 1. The van der Waals surface area contributed by atoms with E-state index in [0.29, 0.717) is 42.3 Å². The van der Waals surface area contributed by atoms with E-state index in [1.54, 1.807) is 22.4 Å². The van der Waals surface area contributed by atoms with Crippen molar-refractivity contribution in [3.05, 3.63) is 46.9 Å². The molecule has 0 bridgehead atoms. The highest BCUT2D eigenvalue weighted by atomic mass is 32.1. The summed E-state index contributed by atoms with van der Waals surface area (Å²) in [5.74, 6) is -0.783. The molecule has 2 amide bonds. The molecule has 1 aliphatic heterocycles. The van der Waals surface area contributed by atoms with Crippen LogP contribution in [-0.2, 0) is 4.79 Å². The topological polar surface area (TPSA) is 111 Å². The third kappa shape index (κ3) is 5.43. The van der Waals surface area contributed by atoms with E-state index in [2.05, 4.69) is 20.5 Å². The molecule has 0 saturated carbocycles. The molecule has 3 N–H and O–H groups in total. The molecule has 186 valence electrons. The van der Waals surface area contributed by atoms with E-state index < -0.39 is 5.60 Å². The van der Waals surface area contributed by atoms with Crippen LogP contribution in [0.25, 0.3) is 21.8 Å². The minimum atomic E-state index is -1.41. The van der Waals surface area contributed by atoms with E-state index in [1.807, 2.05) is 13.8 Å². The van der Waals surface area contributed by atoms with E-state index in [1.165, 1.54) is 37.3 Å². The van der Waals surface area contributed by atoms with E-state index in [9.17, 15) is 19.1 Å². The highest BCUT2D eigenvalue weighted by Crippen LogP contribution is 2.41. The Labute approximate surface area is 207 Å². The van der Waals surface area contributed by atoms with E-state index >= 15 is 0 Å². The SMILES string of the molecule is CC(C)NC(=O)c1csc(-c2c(-c3ccc(F)cc3)n[nH]c2C2CCN(C(=O)C(C)(C)O)CC2)n1. The van der Waals surface area contributed by atoms with Crippen LogP contribution >= 0.6 is 11.3 Å². The molecule has 0 unspecified atom stereocenters. The van der Waals surface area contributed by atoms with Gasteiger partial charge in [-0.3, -0.25) is 14.7 Å². The second-order valence-corrected chi connectivity index (χ2v) is 10.5. The maximum atomic E-state index is 13.6. The number of benzene rings is 1. The van der Waals surface area contributed by atoms with Gasteiger partial charge in [-0.05, 0) is 64.8 Å². The van der Waals surface area contributed by atoms with Crippen LogP contribution in [0, 0.1) is 5.82 Å². The molecule has 35 heavy (non-hydrogen) atoms. The quantitative estimate of drug-likeness (QED) is 0.476. The van der Waals surface area contributed by atoms with Crippen molar-refractivity contribution in [2.45, 2.75) is 58.1 Å². The lowest BCUT2D eigenvalue weighted by atomic mass is 9.89. The van der Waals surface area contributed by atoms with E-state index in [0.717, 1.165) is 16.8 Å². The van der Waals surface area contributed by atoms with Crippen LogP contribution in [0.1, 0.15) is 62.6 Å². The van der Waals surface area contributed by atoms with Crippen molar-refractivity contribution in [1.82, 2.24) is 25.4 Å². The number of hydrogen-bond donors (Lipinski definition) is 3. The summed E-state index contributed by atoms with van der Waals surface area (Å²) in [5, 5.41) is 23.1. The number of carbonyl (C=O) groups excluding carboxylic acids is 2. The van der Waals surface area contributed by atoms with Crippen LogP contribution in [0.4, 0.5) is 4.39 Å². The third-order valence-corrected chi connectivity index (χ3v) is 6.86. The number of aromatic amines is 1. The standard InChI is InChI=1S/C25H30FN5O3S/c1-14(2)27-22(32)18-13-35-23(28-18)19-20(15-5-7-17(26)8-6-15)29-30-21(19)16-9-11-31(12-10-16)24(33)25(3,4)34/h5-8,13-14,16,34H,9-12H2,1-4H3,(H,27,32)(H,29,30). The predicted octanol–water partition coefficient (Wildman–Crippen LogP) is 3.95. The minimum absolute atomic E-state index is 0.0105. The number of piperidine rings is 1. The highest BCUT2D eigenvalue weighted by Gasteiger charge is 2.34. The molecule has 1 aliphatic rings. The van der Waals surface area contributed by atoms with Crippen LogP contribution in [0.15, 0.2) is 29.6 Å². The second kappa shape index (κ2) is 9.87. The number of nitrogens with one attached hydrogen (secondary N) is 2. The van der Waals surface area contributed by atoms with Gasteiger partial charge in [0.1, 0.15) is 27.8 Å². The summed E-state index contributed by atoms with van der Waals surface area (Å²) in [5.41, 5.74) is 1.97. The minimum Gasteiger partial charge on any atom is -0.381 e. The third-order valence-electron chi connectivity index (χ3n) is 6.00. The molecule has 2 aromatic heterocycles. The Hall–Kier alpha value is -3.11. The normalized spacial score (nSPS) is 15.0. The summed E-state index contributed by atoms with van der Waals surface area (Å²) in [4.78, 5) is 31.3. The fraction of sp³-hybridized carbons (Fsp3) is 0.440. The van der Waals surface area contributed by atoms with Crippen LogP contribution < -0.4 is 5.32 Å². The zero-order valence-corrected chi connectivity index (χ0v) is 21.1. The second-order valence-electron chi connectivity index (χ2n) is 9.66. The Morgan fingerprint density at radius 3 is 2.49 bits per heavy atom. The Balaban J connectivity index is 1.68. The summed E-state index contributed by atoms with van der Waals surface area (Å²) >= 11 is 1.36. The van der Waals surface area contributed by atoms with Crippen molar-refractivity contribution in [2.75, 3.05) is 13.1 Å². The van der Waals surface area contributed by atoms with Gasteiger partial charge in [-0.1, -0.05) is 0 Å². The Morgan fingerprint density at radius 1 is 1.23 bits per heavy atom. The molecular formula is C25H30FN5O3S. The van der Waals surface area contributed by atoms with Crippen molar-refractivity contribution in [3.8, 4) is 21.8 Å². The fourth-order valence-electron chi connectivity index (χ4n) is 4.27. The number of rotatable bonds is 6. The number of thiazole rings is 1. The summed E-state index contributed by atoms with van der Waals surface area (Å²) in [7, 11) is 0.